The Hall–Kier alpha value is -1.13. The molecule has 1 aromatic carbocycles. The van der Waals surface area contributed by atoms with Gasteiger partial charge in [0.15, 0.2) is 0 Å². The number of aliphatic hydroxyl groups excluding tert-OH is 1. The first-order valence-corrected chi connectivity index (χ1v) is 7.10. The quantitative estimate of drug-likeness (QED) is 0.883. The van der Waals surface area contributed by atoms with E-state index < -0.39 is 6.10 Å². The second kappa shape index (κ2) is 7.04. The lowest BCUT2D eigenvalue weighted by Crippen LogP contribution is -2.24. The summed E-state index contributed by atoms with van der Waals surface area (Å²) >= 11 is 12.0. The molecule has 5 heteroatoms. The largest absolute Gasteiger partial charge is 0.387 e. The third-order valence-electron chi connectivity index (χ3n) is 3.12. The van der Waals surface area contributed by atoms with Crippen molar-refractivity contribution < 1.29 is 5.11 Å². The van der Waals surface area contributed by atoms with Crippen LogP contribution in [0.4, 0.5) is 0 Å². The smallest absolute Gasteiger partial charge is 0.0929 e. The van der Waals surface area contributed by atoms with Gasteiger partial charge in [0, 0.05) is 40.6 Å². The standard InChI is InChI=1S/C15H16Cl2N2O/c1-10(11-3-2-6-18-8-11)19-9-15(20)13-7-12(16)4-5-14(13)17/h2-8,10,15,19-20H,9H2,1H3/t10-,15?/m0/s1. The Morgan fingerprint density at radius 3 is 2.80 bits per heavy atom. The molecule has 2 aromatic rings. The molecule has 0 radical (unpaired) electrons. The fourth-order valence-corrected chi connectivity index (χ4v) is 2.34. The fourth-order valence-electron chi connectivity index (χ4n) is 1.92. The number of hydrogen-bond donors (Lipinski definition) is 2. The number of rotatable bonds is 5. The summed E-state index contributed by atoms with van der Waals surface area (Å²) in [7, 11) is 0. The Morgan fingerprint density at radius 1 is 1.30 bits per heavy atom. The van der Waals surface area contributed by atoms with Crippen LogP contribution in [0.15, 0.2) is 42.7 Å². The number of nitrogens with one attached hydrogen (secondary N) is 1. The maximum absolute atomic E-state index is 10.2. The van der Waals surface area contributed by atoms with Crippen molar-refractivity contribution in [3.8, 4) is 0 Å². The number of benzene rings is 1. The van der Waals surface area contributed by atoms with E-state index in [4.69, 9.17) is 23.2 Å². The van der Waals surface area contributed by atoms with Crippen LogP contribution in [0.2, 0.25) is 10.0 Å². The monoisotopic (exact) mass is 310 g/mol. The first kappa shape index (κ1) is 15.3. The first-order valence-electron chi connectivity index (χ1n) is 6.34. The second-order valence-corrected chi connectivity index (χ2v) is 5.44. The van der Waals surface area contributed by atoms with Gasteiger partial charge in [-0.2, -0.15) is 0 Å². The summed E-state index contributed by atoms with van der Waals surface area (Å²) in [6.45, 7) is 2.40. The van der Waals surface area contributed by atoms with E-state index in [1.165, 1.54) is 0 Å². The van der Waals surface area contributed by atoms with Gasteiger partial charge in [-0.3, -0.25) is 4.98 Å². The highest BCUT2D eigenvalue weighted by atomic mass is 35.5. The normalized spacial score (nSPS) is 14.0. The van der Waals surface area contributed by atoms with Crippen LogP contribution in [-0.4, -0.2) is 16.6 Å². The van der Waals surface area contributed by atoms with Gasteiger partial charge in [0.25, 0.3) is 0 Å². The Morgan fingerprint density at radius 2 is 2.10 bits per heavy atom. The summed E-state index contributed by atoms with van der Waals surface area (Å²) < 4.78 is 0. The van der Waals surface area contributed by atoms with Gasteiger partial charge in [-0.25, -0.2) is 0 Å². The van der Waals surface area contributed by atoms with Crippen LogP contribution < -0.4 is 5.32 Å². The Labute approximate surface area is 128 Å². The third kappa shape index (κ3) is 3.93. The van der Waals surface area contributed by atoms with Crippen LogP contribution in [0.1, 0.15) is 30.2 Å². The van der Waals surface area contributed by atoms with E-state index in [0.29, 0.717) is 22.2 Å². The average molecular weight is 311 g/mol. The molecule has 2 N–H and O–H groups in total. The number of halogens is 2. The number of aromatic nitrogens is 1. The molecule has 20 heavy (non-hydrogen) atoms. The summed E-state index contributed by atoms with van der Waals surface area (Å²) in [5.74, 6) is 0. The molecule has 106 valence electrons. The van der Waals surface area contributed by atoms with Gasteiger partial charge in [-0.05, 0) is 36.8 Å². The van der Waals surface area contributed by atoms with E-state index in [-0.39, 0.29) is 6.04 Å². The van der Waals surface area contributed by atoms with E-state index in [0.717, 1.165) is 5.56 Å². The summed E-state index contributed by atoms with van der Waals surface area (Å²) in [6, 6.07) is 9.04. The van der Waals surface area contributed by atoms with Gasteiger partial charge in [-0.15, -0.1) is 0 Å². The predicted molar refractivity (Wildman–Crippen MR) is 82.1 cm³/mol. The maximum atomic E-state index is 10.2. The van der Waals surface area contributed by atoms with Gasteiger partial charge in [0.2, 0.25) is 0 Å². The highest BCUT2D eigenvalue weighted by molar-refractivity contribution is 6.33. The Bertz CT molecular complexity index is 563. The molecule has 0 fully saturated rings. The molecule has 0 amide bonds. The molecule has 0 aliphatic rings. The van der Waals surface area contributed by atoms with Crippen molar-refractivity contribution in [1.29, 1.82) is 0 Å². The van der Waals surface area contributed by atoms with E-state index in [9.17, 15) is 5.11 Å². The van der Waals surface area contributed by atoms with Crippen LogP contribution in [0.25, 0.3) is 0 Å². The summed E-state index contributed by atoms with van der Waals surface area (Å²) in [4.78, 5) is 4.08. The van der Waals surface area contributed by atoms with Crippen LogP contribution in [-0.2, 0) is 0 Å². The molecule has 0 saturated heterocycles. The maximum Gasteiger partial charge on any atom is 0.0929 e. The Balaban J connectivity index is 1.98. The van der Waals surface area contributed by atoms with E-state index in [2.05, 4.69) is 10.3 Å². The highest BCUT2D eigenvalue weighted by Crippen LogP contribution is 2.26. The van der Waals surface area contributed by atoms with E-state index in [1.807, 2.05) is 19.1 Å². The molecule has 0 aliphatic heterocycles. The van der Waals surface area contributed by atoms with Crippen LogP contribution in [0.5, 0.6) is 0 Å². The number of pyridine rings is 1. The van der Waals surface area contributed by atoms with Crippen LogP contribution in [0, 0.1) is 0 Å². The zero-order chi connectivity index (χ0) is 14.5. The molecule has 0 aliphatic carbocycles. The lowest BCUT2D eigenvalue weighted by atomic mass is 10.1. The van der Waals surface area contributed by atoms with Gasteiger partial charge >= 0.3 is 0 Å². The minimum Gasteiger partial charge on any atom is -0.387 e. The average Bonchev–Trinajstić information content (AvgIpc) is 2.47. The topological polar surface area (TPSA) is 45.1 Å². The van der Waals surface area contributed by atoms with Crippen molar-refractivity contribution in [2.75, 3.05) is 6.54 Å². The zero-order valence-electron chi connectivity index (χ0n) is 11.1. The molecule has 3 nitrogen and oxygen atoms in total. The van der Waals surface area contributed by atoms with Crippen molar-refractivity contribution in [2.45, 2.75) is 19.1 Å². The molecule has 1 aromatic heterocycles. The molecule has 0 spiro atoms. The van der Waals surface area contributed by atoms with Crippen molar-refractivity contribution >= 4 is 23.2 Å². The van der Waals surface area contributed by atoms with Crippen molar-refractivity contribution in [1.82, 2.24) is 10.3 Å². The molecule has 0 saturated carbocycles. The summed E-state index contributed by atoms with van der Waals surface area (Å²) in [6.07, 6.45) is 2.83. The number of nitrogens with zero attached hydrogens (tertiary/aromatic N) is 1. The molecule has 1 unspecified atom stereocenters. The molecule has 2 atom stereocenters. The fraction of sp³-hybridized carbons (Fsp3) is 0.267. The number of aliphatic hydroxyl groups is 1. The Kier molecular flexibility index (Phi) is 5.38. The van der Waals surface area contributed by atoms with Crippen molar-refractivity contribution in [3.05, 3.63) is 63.9 Å². The molecular formula is C15H16Cl2N2O. The summed E-state index contributed by atoms with van der Waals surface area (Å²) in [5.41, 5.74) is 1.70. The second-order valence-electron chi connectivity index (χ2n) is 4.60. The lowest BCUT2D eigenvalue weighted by molar-refractivity contribution is 0.171. The highest BCUT2D eigenvalue weighted by Gasteiger charge is 2.14. The van der Waals surface area contributed by atoms with E-state index >= 15 is 0 Å². The predicted octanol–water partition coefficient (Wildman–Crippen LogP) is 3.77. The van der Waals surface area contributed by atoms with Crippen LogP contribution in [0.3, 0.4) is 0 Å². The first-order chi connectivity index (χ1) is 9.58. The molecular weight excluding hydrogens is 295 g/mol. The van der Waals surface area contributed by atoms with Crippen molar-refractivity contribution in [3.63, 3.8) is 0 Å². The minimum absolute atomic E-state index is 0.0938. The molecule has 1 heterocycles. The third-order valence-corrected chi connectivity index (χ3v) is 3.70. The van der Waals surface area contributed by atoms with Gasteiger partial charge in [0.1, 0.15) is 0 Å². The van der Waals surface area contributed by atoms with E-state index in [1.54, 1.807) is 30.6 Å². The SMILES string of the molecule is C[C@H](NCC(O)c1cc(Cl)ccc1Cl)c1cccnc1. The van der Waals surface area contributed by atoms with Crippen LogP contribution >= 0.6 is 23.2 Å². The molecule has 2 rings (SSSR count). The lowest BCUT2D eigenvalue weighted by Gasteiger charge is -2.18. The zero-order valence-corrected chi connectivity index (χ0v) is 12.6. The van der Waals surface area contributed by atoms with Gasteiger partial charge in [0.05, 0.1) is 6.10 Å². The number of hydrogen-bond acceptors (Lipinski definition) is 3. The van der Waals surface area contributed by atoms with Gasteiger partial charge in [-0.1, -0.05) is 29.3 Å². The minimum atomic E-state index is -0.708. The molecule has 0 bridgehead atoms. The summed E-state index contributed by atoms with van der Waals surface area (Å²) in [5, 5.41) is 14.5. The van der Waals surface area contributed by atoms with Gasteiger partial charge < -0.3 is 10.4 Å². The van der Waals surface area contributed by atoms with Crippen molar-refractivity contribution in [2.24, 2.45) is 0 Å².